The number of ether oxygens (including phenoxy) is 1. The number of imidazole rings is 1. The van der Waals surface area contributed by atoms with E-state index in [1.807, 2.05) is 0 Å². The Balaban J connectivity index is 2.03. The third-order valence-corrected chi connectivity index (χ3v) is 2.87. The second-order valence-electron chi connectivity index (χ2n) is 4.20. The van der Waals surface area contributed by atoms with Gasteiger partial charge >= 0.3 is 5.69 Å². The summed E-state index contributed by atoms with van der Waals surface area (Å²) < 4.78 is 8.56. The van der Waals surface area contributed by atoms with Gasteiger partial charge < -0.3 is 9.30 Å². The summed E-state index contributed by atoms with van der Waals surface area (Å²) in [6.45, 7) is 0.678. The molecule has 0 radical (unpaired) electrons. The Morgan fingerprint density at radius 3 is 2.75 bits per heavy atom. The molecule has 0 saturated heterocycles. The Morgan fingerprint density at radius 1 is 1.35 bits per heavy atom. The van der Waals surface area contributed by atoms with Crippen molar-refractivity contribution in [1.82, 2.24) is 14.6 Å². The normalized spacial score (nSPS) is 10.3. The van der Waals surface area contributed by atoms with E-state index >= 15 is 0 Å². The van der Waals surface area contributed by atoms with Crippen molar-refractivity contribution in [2.45, 2.75) is 6.54 Å². The first-order valence-corrected chi connectivity index (χ1v) is 6.08. The molecule has 3 N–H and O–H groups in total. The topological polar surface area (TPSA) is 91.3 Å². The molecular weight excluding hydrogens is 260 g/mol. The van der Waals surface area contributed by atoms with Gasteiger partial charge in [0.2, 0.25) is 0 Å². The molecule has 0 aliphatic carbocycles. The predicted molar refractivity (Wildman–Crippen MR) is 73.3 cm³/mol. The van der Waals surface area contributed by atoms with E-state index in [9.17, 15) is 9.59 Å². The summed E-state index contributed by atoms with van der Waals surface area (Å²) in [5.41, 5.74) is 2.31. The van der Waals surface area contributed by atoms with Crippen molar-refractivity contribution < 1.29 is 9.53 Å². The highest BCUT2D eigenvalue weighted by molar-refractivity contribution is 5.96. The molecule has 1 aromatic carbocycles. The number of benzene rings is 1. The number of hydrogen-bond donors (Lipinski definition) is 2. The number of aromatic nitrogens is 2. The van der Waals surface area contributed by atoms with Crippen LogP contribution in [-0.4, -0.2) is 21.6 Å². The molecular formula is C13H16N4O3. The molecule has 7 heteroatoms. The number of para-hydroxylation sites is 1. The molecule has 0 aliphatic heterocycles. The number of nitrogens with one attached hydrogen (secondary N) is 1. The molecule has 2 rings (SSSR count). The van der Waals surface area contributed by atoms with Gasteiger partial charge in [0.1, 0.15) is 12.4 Å². The number of carbonyl (C=O) groups is 1. The standard InChI is InChI=1S/C13H16N4O3/c1-16-6-7-17(13(16)19)8-9-20-11-5-3-2-4-10(11)12(18)15-14/h2-7H,8-9,14H2,1H3,(H,15,18). The van der Waals surface area contributed by atoms with Gasteiger partial charge in [-0.05, 0) is 12.1 Å². The van der Waals surface area contributed by atoms with Crippen LogP contribution in [0.1, 0.15) is 10.4 Å². The first kappa shape index (κ1) is 13.9. The molecule has 1 amide bonds. The molecule has 0 fully saturated rings. The zero-order valence-corrected chi connectivity index (χ0v) is 11.1. The third kappa shape index (κ3) is 2.89. The molecule has 0 aliphatic rings. The van der Waals surface area contributed by atoms with Crippen LogP contribution in [0, 0.1) is 0 Å². The van der Waals surface area contributed by atoms with E-state index in [2.05, 4.69) is 5.43 Å². The summed E-state index contributed by atoms with van der Waals surface area (Å²) in [7, 11) is 1.68. The van der Waals surface area contributed by atoms with Crippen LogP contribution in [0.5, 0.6) is 5.75 Å². The highest BCUT2D eigenvalue weighted by Gasteiger charge is 2.10. The summed E-state index contributed by atoms with van der Waals surface area (Å²) >= 11 is 0. The van der Waals surface area contributed by atoms with Crippen LogP contribution >= 0.6 is 0 Å². The van der Waals surface area contributed by atoms with Crippen molar-refractivity contribution in [2.24, 2.45) is 12.9 Å². The monoisotopic (exact) mass is 276 g/mol. The SMILES string of the molecule is Cn1ccn(CCOc2ccccc2C(=O)NN)c1=O. The van der Waals surface area contributed by atoms with Gasteiger partial charge in [-0.25, -0.2) is 10.6 Å². The van der Waals surface area contributed by atoms with E-state index in [0.717, 1.165) is 0 Å². The van der Waals surface area contributed by atoms with Crippen LogP contribution in [-0.2, 0) is 13.6 Å². The lowest BCUT2D eigenvalue weighted by Crippen LogP contribution is -2.30. The third-order valence-electron chi connectivity index (χ3n) is 2.87. The van der Waals surface area contributed by atoms with Gasteiger partial charge in [-0.3, -0.25) is 14.8 Å². The second kappa shape index (κ2) is 6.07. The Labute approximate surface area is 115 Å². The van der Waals surface area contributed by atoms with Crippen LogP contribution in [0.25, 0.3) is 0 Å². The molecule has 2 aromatic rings. The van der Waals surface area contributed by atoms with E-state index in [1.165, 1.54) is 9.13 Å². The average Bonchev–Trinajstić information content (AvgIpc) is 2.79. The van der Waals surface area contributed by atoms with Gasteiger partial charge in [0.25, 0.3) is 5.91 Å². The summed E-state index contributed by atoms with van der Waals surface area (Å²) in [4.78, 5) is 23.2. The fourth-order valence-corrected chi connectivity index (χ4v) is 1.79. The summed E-state index contributed by atoms with van der Waals surface area (Å²) in [5, 5.41) is 0. The Kier molecular flexibility index (Phi) is 4.21. The number of hydrazine groups is 1. The van der Waals surface area contributed by atoms with Gasteiger partial charge in [-0.2, -0.15) is 0 Å². The van der Waals surface area contributed by atoms with Crippen molar-refractivity contribution in [1.29, 1.82) is 0 Å². The maximum absolute atomic E-state index is 11.6. The average molecular weight is 276 g/mol. The first-order valence-electron chi connectivity index (χ1n) is 6.08. The molecule has 0 saturated carbocycles. The van der Waals surface area contributed by atoms with Crippen LogP contribution in [0.4, 0.5) is 0 Å². The summed E-state index contributed by atoms with van der Waals surface area (Å²) in [6.07, 6.45) is 3.36. The molecule has 0 bridgehead atoms. The summed E-state index contributed by atoms with van der Waals surface area (Å²) in [5.74, 6) is 5.12. The van der Waals surface area contributed by atoms with Crippen LogP contribution in [0.3, 0.4) is 0 Å². The first-order chi connectivity index (χ1) is 9.63. The maximum Gasteiger partial charge on any atom is 0.327 e. The lowest BCUT2D eigenvalue weighted by atomic mass is 10.2. The molecule has 0 spiro atoms. The Hall–Kier alpha value is -2.54. The van der Waals surface area contributed by atoms with Crippen molar-refractivity contribution in [3.63, 3.8) is 0 Å². The quantitative estimate of drug-likeness (QED) is 0.452. The number of rotatable bonds is 5. The maximum atomic E-state index is 11.6. The van der Waals surface area contributed by atoms with Crippen molar-refractivity contribution in [2.75, 3.05) is 6.61 Å². The fourth-order valence-electron chi connectivity index (χ4n) is 1.79. The van der Waals surface area contributed by atoms with Gasteiger partial charge in [0, 0.05) is 19.4 Å². The lowest BCUT2D eigenvalue weighted by molar-refractivity contribution is 0.0949. The largest absolute Gasteiger partial charge is 0.491 e. The second-order valence-corrected chi connectivity index (χ2v) is 4.20. The predicted octanol–water partition coefficient (Wildman–Crippen LogP) is -0.131. The van der Waals surface area contributed by atoms with E-state index in [0.29, 0.717) is 17.9 Å². The highest BCUT2D eigenvalue weighted by atomic mass is 16.5. The zero-order chi connectivity index (χ0) is 14.5. The number of aryl methyl sites for hydroxylation is 1. The van der Waals surface area contributed by atoms with E-state index < -0.39 is 5.91 Å². The van der Waals surface area contributed by atoms with Gasteiger partial charge in [-0.15, -0.1) is 0 Å². The number of hydrogen-bond acceptors (Lipinski definition) is 4. The number of nitrogens with zero attached hydrogens (tertiary/aromatic N) is 2. The number of nitrogen functional groups attached to an aromatic ring is 1. The summed E-state index contributed by atoms with van der Waals surface area (Å²) in [6, 6.07) is 6.78. The minimum absolute atomic E-state index is 0.110. The van der Waals surface area contributed by atoms with Gasteiger partial charge in [-0.1, -0.05) is 12.1 Å². The molecule has 20 heavy (non-hydrogen) atoms. The highest BCUT2D eigenvalue weighted by Crippen LogP contribution is 2.17. The van der Waals surface area contributed by atoms with Crippen LogP contribution in [0.2, 0.25) is 0 Å². The zero-order valence-electron chi connectivity index (χ0n) is 11.1. The molecule has 106 valence electrons. The molecule has 1 heterocycles. The van der Waals surface area contributed by atoms with Crippen LogP contribution in [0.15, 0.2) is 41.5 Å². The van der Waals surface area contributed by atoms with E-state index in [1.54, 1.807) is 43.7 Å². The van der Waals surface area contributed by atoms with Gasteiger partial charge in [0.15, 0.2) is 0 Å². The fraction of sp³-hybridized carbons (Fsp3) is 0.231. The number of carbonyl (C=O) groups excluding carboxylic acids is 1. The number of nitrogens with two attached hydrogens (primary N) is 1. The van der Waals surface area contributed by atoms with E-state index in [4.69, 9.17) is 10.6 Å². The number of amides is 1. The van der Waals surface area contributed by atoms with Crippen LogP contribution < -0.4 is 21.7 Å². The smallest absolute Gasteiger partial charge is 0.327 e. The molecule has 0 atom stereocenters. The minimum atomic E-state index is -0.419. The Morgan fingerprint density at radius 2 is 2.10 bits per heavy atom. The van der Waals surface area contributed by atoms with Gasteiger partial charge in [0.05, 0.1) is 12.1 Å². The Bertz CT molecular complexity index is 660. The molecule has 0 unspecified atom stereocenters. The van der Waals surface area contributed by atoms with Crippen molar-refractivity contribution >= 4 is 5.91 Å². The molecule has 1 aromatic heterocycles. The molecule has 7 nitrogen and oxygen atoms in total. The lowest BCUT2D eigenvalue weighted by Gasteiger charge is -2.10. The van der Waals surface area contributed by atoms with Crippen molar-refractivity contribution in [3.05, 3.63) is 52.7 Å². The van der Waals surface area contributed by atoms with E-state index in [-0.39, 0.29) is 12.3 Å². The minimum Gasteiger partial charge on any atom is -0.491 e. The van der Waals surface area contributed by atoms with Crippen molar-refractivity contribution in [3.8, 4) is 5.75 Å².